The molecule has 1 heterocycles. The van der Waals surface area contributed by atoms with Crippen LogP contribution in [0.25, 0.3) is 0 Å². The molecule has 2 rings (SSSR count). The van der Waals surface area contributed by atoms with Crippen molar-refractivity contribution in [2.24, 2.45) is 11.8 Å². The Labute approximate surface area is 126 Å². The van der Waals surface area contributed by atoms with Crippen molar-refractivity contribution in [2.75, 3.05) is 5.32 Å². The predicted molar refractivity (Wildman–Crippen MR) is 83.5 cm³/mol. The quantitative estimate of drug-likeness (QED) is 0.663. The highest BCUT2D eigenvalue weighted by Gasteiger charge is 2.30. The Morgan fingerprint density at radius 1 is 1.38 bits per heavy atom. The maximum atomic E-state index is 11.3. The van der Waals surface area contributed by atoms with Crippen LogP contribution in [0.4, 0.5) is 11.5 Å². The summed E-state index contributed by atoms with van der Waals surface area (Å²) in [6.45, 7) is 9.02. The van der Waals surface area contributed by atoms with Crippen LogP contribution >= 0.6 is 0 Å². The number of rotatable bonds is 5. The molecule has 0 amide bonds. The van der Waals surface area contributed by atoms with Crippen molar-refractivity contribution >= 4 is 11.5 Å². The minimum Gasteiger partial charge on any atom is -0.362 e. The Morgan fingerprint density at radius 2 is 2.10 bits per heavy atom. The van der Waals surface area contributed by atoms with Gasteiger partial charge in [0.05, 0.1) is 4.92 Å². The predicted octanol–water partition coefficient (Wildman–Crippen LogP) is 3.75. The van der Waals surface area contributed by atoms with E-state index in [4.69, 9.17) is 0 Å². The monoisotopic (exact) mass is 294 g/mol. The van der Waals surface area contributed by atoms with E-state index in [0.717, 1.165) is 25.2 Å². The lowest BCUT2D eigenvalue weighted by molar-refractivity contribution is -0.384. The van der Waals surface area contributed by atoms with E-state index in [-0.39, 0.29) is 10.6 Å². The number of hydrogen-bond acceptors (Lipinski definition) is 4. The second-order valence-electron chi connectivity index (χ2n) is 6.37. The number of anilines is 1. The van der Waals surface area contributed by atoms with Crippen molar-refractivity contribution in [1.29, 1.82) is 0 Å². The van der Waals surface area contributed by atoms with Gasteiger partial charge in [-0.15, -0.1) is 0 Å². The second-order valence-corrected chi connectivity index (χ2v) is 6.37. The van der Waals surface area contributed by atoms with Gasteiger partial charge < -0.3 is 5.32 Å². The third kappa shape index (κ3) is 3.36. The van der Waals surface area contributed by atoms with E-state index in [2.05, 4.69) is 31.2 Å². The summed E-state index contributed by atoms with van der Waals surface area (Å²) in [4.78, 5) is 11.0. The van der Waals surface area contributed by atoms with Crippen LogP contribution in [0.5, 0.6) is 0 Å². The molecule has 0 saturated heterocycles. The van der Waals surface area contributed by atoms with Gasteiger partial charge in [0.2, 0.25) is 5.82 Å². The molecule has 21 heavy (non-hydrogen) atoms. The number of hydrogen-bond donors (Lipinski definition) is 1. The van der Waals surface area contributed by atoms with Gasteiger partial charge in [-0.1, -0.05) is 20.8 Å². The van der Waals surface area contributed by atoms with E-state index in [0.29, 0.717) is 30.0 Å². The van der Waals surface area contributed by atoms with Crippen LogP contribution in [0.1, 0.15) is 52.1 Å². The minimum atomic E-state index is -0.314. The van der Waals surface area contributed by atoms with Crippen molar-refractivity contribution in [3.63, 3.8) is 0 Å². The smallest absolute Gasteiger partial charge is 0.333 e. The normalized spacial score (nSPS) is 25.8. The van der Waals surface area contributed by atoms with Gasteiger partial charge in [-0.25, -0.2) is 4.68 Å². The lowest BCUT2D eigenvalue weighted by Gasteiger charge is -2.32. The number of aromatic nitrogens is 2. The third-order valence-electron chi connectivity index (χ3n) is 4.65. The second kappa shape index (κ2) is 6.45. The Hall–Kier alpha value is -1.59. The Balaban J connectivity index is 2.23. The van der Waals surface area contributed by atoms with Crippen LogP contribution in [0, 0.1) is 28.9 Å². The fourth-order valence-electron chi connectivity index (χ4n) is 3.18. The Morgan fingerprint density at radius 3 is 2.67 bits per heavy atom. The summed E-state index contributed by atoms with van der Waals surface area (Å²) in [7, 11) is 0. The zero-order valence-electron chi connectivity index (χ0n) is 13.4. The molecule has 0 aromatic carbocycles. The van der Waals surface area contributed by atoms with Crippen molar-refractivity contribution < 1.29 is 4.92 Å². The summed E-state index contributed by atoms with van der Waals surface area (Å²) in [5, 5.41) is 19.1. The SMILES string of the molecule is CCCn1nc(C)c([N+](=O)[O-])c1NC1CCC(C)C(C)C1. The highest BCUT2D eigenvalue weighted by molar-refractivity contribution is 5.60. The highest BCUT2D eigenvalue weighted by Crippen LogP contribution is 2.34. The fraction of sp³-hybridized carbons (Fsp3) is 0.800. The van der Waals surface area contributed by atoms with Crippen LogP contribution in [0.15, 0.2) is 0 Å². The molecule has 3 atom stereocenters. The van der Waals surface area contributed by atoms with E-state index in [1.54, 1.807) is 11.6 Å². The molecule has 1 fully saturated rings. The van der Waals surface area contributed by atoms with Gasteiger partial charge in [0.25, 0.3) is 0 Å². The van der Waals surface area contributed by atoms with Gasteiger partial charge in [-0.05, 0) is 44.4 Å². The molecule has 0 aliphatic heterocycles. The van der Waals surface area contributed by atoms with E-state index in [9.17, 15) is 10.1 Å². The van der Waals surface area contributed by atoms with Crippen LogP contribution in [0.3, 0.4) is 0 Å². The summed E-state index contributed by atoms with van der Waals surface area (Å²) in [5.74, 6) is 1.98. The van der Waals surface area contributed by atoms with Gasteiger partial charge in [-0.3, -0.25) is 10.1 Å². The maximum Gasteiger partial charge on any atom is 0.333 e. The lowest BCUT2D eigenvalue weighted by Crippen LogP contribution is -2.31. The molecular weight excluding hydrogens is 268 g/mol. The number of nitrogens with one attached hydrogen (secondary N) is 1. The summed E-state index contributed by atoms with van der Waals surface area (Å²) in [6, 6.07) is 0.307. The van der Waals surface area contributed by atoms with Gasteiger partial charge in [-0.2, -0.15) is 5.10 Å². The van der Waals surface area contributed by atoms with Gasteiger partial charge in [0, 0.05) is 12.6 Å². The standard InChI is InChI=1S/C15H26N4O2/c1-5-8-18-15(14(19(20)21)12(4)17-18)16-13-7-6-10(2)11(3)9-13/h10-11,13,16H,5-9H2,1-4H3. The van der Waals surface area contributed by atoms with Crippen molar-refractivity contribution in [2.45, 2.75) is 66.0 Å². The molecule has 0 radical (unpaired) electrons. The average Bonchev–Trinajstić information content (AvgIpc) is 2.70. The van der Waals surface area contributed by atoms with Crippen LogP contribution in [-0.2, 0) is 6.54 Å². The van der Waals surface area contributed by atoms with E-state index in [1.807, 2.05) is 0 Å². The zero-order valence-corrected chi connectivity index (χ0v) is 13.4. The summed E-state index contributed by atoms with van der Waals surface area (Å²) in [5.41, 5.74) is 0.628. The van der Waals surface area contributed by atoms with Crippen molar-refractivity contribution in [1.82, 2.24) is 9.78 Å². The molecule has 1 saturated carbocycles. The Kier molecular flexibility index (Phi) is 4.85. The topological polar surface area (TPSA) is 73.0 Å². The number of nitro groups is 1. The molecule has 1 aliphatic rings. The molecular formula is C15H26N4O2. The molecule has 118 valence electrons. The van der Waals surface area contributed by atoms with Crippen molar-refractivity contribution in [3.05, 3.63) is 15.8 Å². The van der Waals surface area contributed by atoms with Gasteiger partial charge in [0.15, 0.2) is 0 Å². The fourth-order valence-corrected chi connectivity index (χ4v) is 3.18. The first kappa shape index (κ1) is 15.8. The first-order valence-electron chi connectivity index (χ1n) is 7.92. The molecule has 1 aromatic heterocycles. The first-order chi connectivity index (χ1) is 9.93. The average molecular weight is 294 g/mol. The van der Waals surface area contributed by atoms with Crippen LogP contribution in [-0.4, -0.2) is 20.7 Å². The molecule has 1 aliphatic carbocycles. The zero-order chi connectivity index (χ0) is 15.6. The lowest BCUT2D eigenvalue weighted by atomic mass is 9.79. The Bertz CT molecular complexity index is 512. The molecule has 1 N–H and O–H groups in total. The minimum absolute atomic E-state index is 0.134. The summed E-state index contributed by atoms with van der Waals surface area (Å²) in [6.07, 6.45) is 4.21. The number of nitrogens with zero attached hydrogens (tertiary/aromatic N) is 3. The molecule has 6 nitrogen and oxygen atoms in total. The molecule has 0 spiro atoms. The summed E-state index contributed by atoms with van der Waals surface area (Å²) >= 11 is 0. The molecule has 6 heteroatoms. The largest absolute Gasteiger partial charge is 0.362 e. The summed E-state index contributed by atoms with van der Waals surface area (Å²) < 4.78 is 1.76. The maximum absolute atomic E-state index is 11.3. The first-order valence-corrected chi connectivity index (χ1v) is 7.92. The van der Waals surface area contributed by atoms with Crippen molar-refractivity contribution in [3.8, 4) is 0 Å². The van der Waals surface area contributed by atoms with Crippen LogP contribution in [0.2, 0.25) is 0 Å². The molecule has 0 bridgehead atoms. The molecule has 3 unspecified atom stereocenters. The third-order valence-corrected chi connectivity index (χ3v) is 4.65. The van der Waals surface area contributed by atoms with E-state index in [1.165, 1.54) is 6.42 Å². The van der Waals surface area contributed by atoms with Crippen LogP contribution < -0.4 is 5.32 Å². The van der Waals surface area contributed by atoms with Gasteiger partial charge in [0.1, 0.15) is 5.69 Å². The number of aryl methyl sites for hydroxylation is 2. The van der Waals surface area contributed by atoms with E-state index >= 15 is 0 Å². The van der Waals surface area contributed by atoms with E-state index < -0.39 is 0 Å². The molecule has 1 aromatic rings. The highest BCUT2D eigenvalue weighted by atomic mass is 16.6. The van der Waals surface area contributed by atoms with Gasteiger partial charge >= 0.3 is 5.69 Å².